The number of nitrogens with zero attached hydrogens (tertiary/aromatic N) is 2. The van der Waals surface area contributed by atoms with Crippen LogP contribution in [0.1, 0.15) is 17.3 Å². The highest BCUT2D eigenvalue weighted by atomic mass is 79.9. The number of halogens is 1. The second-order valence-electron chi connectivity index (χ2n) is 4.26. The minimum absolute atomic E-state index is 0.0743. The molecule has 1 N–H and O–H groups in total. The third-order valence-electron chi connectivity index (χ3n) is 2.67. The maximum atomic E-state index is 11.5. The minimum atomic E-state index is -0.634. The van der Waals surface area contributed by atoms with Crippen LogP contribution >= 0.6 is 15.9 Å². The summed E-state index contributed by atoms with van der Waals surface area (Å²) in [6.07, 6.45) is 0. The fourth-order valence-electron chi connectivity index (χ4n) is 1.59. The van der Waals surface area contributed by atoms with E-state index in [1.807, 2.05) is 12.1 Å². The number of aromatic hydroxyl groups is 1. The molecule has 106 valence electrons. The van der Waals surface area contributed by atoms with E-state index in [1.165, 1.54) is 19.1 Å². The molecule has 2 aromatic carbocycles. The summed E-state index contributed by atoms with van der Waals surface area (Å²) < 4.78 is 0.923. The van der Waals surface area contributed by atoms with Crippen molar-refractivity contribution in [3.63, 3.8) is 0 Å². The van der Waals surface area contributed by atoms with E-state index in [1.54, 1.807) is 12.1 Å². The highest BCUT2D eigenvalue weighted by molar-refractivity contribution is 9.10. The largest absolute Gasteiger partial charge is 0.504 e. The van der Waals surface area contributed by atoms with E-state index in [4.69, 9.17) is 0 Å². The highest BCUT2D eigenvalue weighted by Gasteiger charge is 2.09. The first-order valence-electron chi connectivity index (χ1n) is 6.03. The van der Waals surface area contributed by atoms with Crippen LogP contribution in [-0.4, -0.2) is 10.9 Å². The maximum absolute atomic E-state index is 11.5. The van der Waals surface area contributed by atoms with Gasteiger partial charge in [0.1, 0.15) is 0 Å². The summed E-state index contributed by atoms with van der Waals surface area (Å²) in [6.45, 7) is 1.27. The van der Waals surface area contributed by atoms with Gasteiger partial charge in [0.25, 0.3) is 0 Å². The van der Waals surface area contributed by atoms with Crippen LogP contribution in [-0.2, 0) is 0 Å². The van der Waals surface area contributed by atoms with E-state index in [9.17, 15) is 14.7 Å². The molecule has 0 saturated carbocycles. The lowest BCUT2D eigenvalue weighted by atomic mass is 10.2. The van der Waals surface area contributed by atoms with Crippen molar-refractivity contribution in [2.24, 2.45) is 10.2 Å². The van der Waals surface area contributed by atoms with Crippen LogP contribution in [0, 0.1) is 0 Å². The average Bonchev–Trinajstić information content (AvgIpc) is 2.60. The standard InChI is InChI=1S/C15H11BrN2O3/c1-9(19)13-8-12(6-7-14(20)15(13)21)18-17-11-4-2-10(16)3-5-11/h2-8H,1H3,(H,20,21). The van der Waals surface area contributed by atoms with Gasteiger partial charge in [0.05, 0.1) is 16.9 Å². The number of carbonyl (C=O) groups excluding carboxylic acids is 1. The number of hydrogen-bond acceptors (Lipinski definition) is 5. The van der Waals surface area contributed by atoms with E-state index in [-0.39, 0.29) is 5.56 Å². The van der Waals surface area contributed by atoms with Crippen molar-refractivity contribution in [3.05, 3.63) is 62.7 Å². The second kappa shape index (κ2) is 6.41. The van der Waals surface area contributed by atoms with E-state index < -0.39 is 17.0 Å². The van der Waals surface area contributed by atoms with Crippen molar-refractivity contribution in [3.8, 4) is 5.75 Å². The molecule has 0 aliphatic carbocycles. The molecule has 0 unspecified atom stereocenters. The summed E-state index contributed by atoms with van der Waals surface area (Å²) in [5.74, 6) is -0.992. The summed E-state index contributed by atoms with van der Waals surface area (Å²) >= 11 is 3.32. The molecule has 0 saturated heterocycles. The Kier molecular flexibility index (Phi) is 4.59. The predicted octanol–water partition coefficient (Wildman–Crippen LogP) is 4.13. The topological polar surface area (TPSA) is 79.1 Å². The summed E-state index contributed by atoms with van der Waals surface area (Å²) in [4.78, 5) is 23.0. The molecule has 0 atom stereocenters. The van der Waals surface area contributed by atoms with Crippen molar-refractivity contribution >= 4 is 33.1 Å². The number of azo groups is 1. The van der Waals surface area contributed by atoms with Gasteiger partial charge < -0.3 is 5.11 Å². The molecule has 0 amide bonds. The summed E-state index contributed by atoms with van der Waals surface area (Å²) in [5, 5.41) is 17.7. The molecule has 2 rings (SSSR count). The first-order valence-corrected chi connectivity index (χ1v) is 6.82. The van der Waals surface area contributed by atoms with Crippen molar-refractivity contribution in [2.75, 3.05) is 0 Å². The molecule has 0 radical (unpaired) electrons. The molecular formula is C15H11BrN2O3. The van der Waals surface area contributed by atoms with Crippen molar-refractivity contribution in [2.45, 2.75) is 6.92 Å². The van der Waals surface area contributed by atoms with Gasteiger partial charge in [-0.2, -0.15) is 10.2 Å². The molecule has 0 aliphatic heterocycles. The van der Waals surface area contributed by atoms with Gasteiger partial charge in [0.15, 0.2) is 11.5 Å². The van der Waals surface area contributed by atoms with Gasteiger partial charge >= 0.3 is 0 Å². The fraction of sp³-hybridized carbons (Fsp3) is 0.0667. The molecule has 0 spiro atoms. The first kappa shape index (κ1) is 15.1. The van der Waals surface area contributed by atoms with E-state index in [0.29, 0.717) is 11.4 Å². The zero-order valence-electron chi connectivity index (χ0n) is 11.1. The third-order valence-corrected chi connectivity index (χ3v) is 3.20. The number of hydrogen-bond donors (Lipinski definition) is 1. The number of ketones is 1. The van der Waals surface area contributed by atoms with Crippen LogP contribution in [0.5, 0.6) is 5.75 Å². The summed E-state index contributed by atoms with van der Waals surface area (Å²) in [6, 6.07) is 11.1. The molecule has 0 aromatic heterocycles. The number of rotatable bonds is 3. The van der Waals surface area contributed by atoms with E-state index >= 15 is 0 Å². The Labute approximate surface area is 129 Å². The van der Waals surface area contributed by atoms with Crippen LogP contribution in [0.4, 0.5) is 11.4 Å². The molecule has 21 heavy (non-hydrogen) atoms. The molecule has 0 bridgehead atoms. The third kappa shape index (κ3) is 3.82. The monoisotopic (exact) mass is 346 g/mol. The smallest absolute Gasteiger partial charge is 0.220 e. The Balaban J connectivity index is 2.43. The van der Waals surface area contributed by atoms with Gasteiger partial charge in [-0.1, -0.05) is 15.9 Å². The van der Waals surface area contributed by atoms with Crippen LogP contribution in [0.2, 0.25) is 0 Å². The molecule has 0 heterocycles. The molecule has 0 fully saturated rings. The van der Waals surface area contributed by atoms with Crippen LogP contribution in [0.3, 0.4) is 0 Å². The van der Waals surface area contributed by atoms with Crippen LogP contribution < -0.4 is 5.43 Å². The lowest BCUT2D eigenvalue weighted by Crippen LogP contribution is -1.99. The average molecular weight is 347 g/mol. The van der Waals surface area contributed by atoms with Crippen molar-refractivity contribution in [1.29, 1.82) is 0 Å². The zero-order valence-corrected chi connectivity index (χ0v) is 12.7. The predicted molar refractivity (Wildman–Crippen MR) is 82.7 cm³/mol. The van der Waals surface area contributed by atoms with Crippen molar-refractivity contribution in [1.82, 2.24) is 0 Å². The van der Waals surface area contributed by atoms with Gasteiger partial charge in [-0.3, -0.25) is 9.59 Å². The summed E-state index contributed by atoms with van der Waals surface area (Å²) in [7, 11) is 0. The Morgan fingerprint density at radius 2 is 1.62 bits per heavy atom. The zero-order chi connectivity index (χ0) is 15.4. The quantitative estimate of drug-likeness (QED) is 0.670. The molecule has 5 nitrogen and oxygen atoms in total. The minimum Gasteiger partial charge on any atom is -0.504 e. The van der Waals surface area contributed by atoms with Gasteiger partial charge in [-0.05, 0) is 49.4 Å². The first-order chi connectivity index (χ1) is 9.97. The van der Waals surface area contributed by atoms with Gasteiger partial charge in [0, 0.05) is 4.47 Å². The molecule has 0 aliphatic rings. The van der Waals surface area contributed by atoms with Crippen LogP contribution in [0.25, 0.3) is 0 Å². The molecule has 6 heteroatoms. The van der Waals surface area contributed by atoms with Crippen molar-refractivity contribution < 1.29 is 9.90 Å². The normalized spacial score (nSPS) is 10.8. The number of carbonyl (C=O) groups is 1. The van der Waals surface area contributed by atoms with E-state index in [0.717, 1.165) is 10.5 Å². The Bertz CT molecular complexity index is 771. The molecular weight excluding hydrogens is 336 g/mol. The lowest BCUT2D eigenvalue weighted by molar-refractivity contribution is 0.101. The number of Topliss-reactive ketones (excluding diaryl/α,β-unsaturated/α-hetero) is 1. The molecule has 2 aromatic rings. The van der Waals surface area contributed by atoms with Crippen LogP contribution in [0.15, 0.2) is 62.0 Å². The highest BCUT2D eigenvalue weighted by Crippen LogP contribution is 2.22. The lowest BCUT2D eigenvalue weighted by Gasteiger charge is -1.95. The number of benzene rings is 1. The van der Waals surface area contributed by atoms with Gasteiger partial charge in [-0.25, -0.2) is 0 Å². The second-order valence-corrected chi connectivity index (χ2v) is 5.18. The van der Waals surface area contributed by atoms with Gasteiger partial charge in [0.2, 0.25) is 5.43 Å². The maximum Gasteiger partial charge on any atom is 0.220 e. The summed E-state index contributed by atoms with van der Waals surface area (Å²) in [5.41, 5.74) is 0.223. The Morgan fingerprint density at radius 3 is 2.24 bits per heavy atom. The fourth-order valence-corrected chi connectivity index (χ4v) is 1.86. The van der Waals surface area contributed by atoms with E-state index in [2.05, 4.69) is 26.2 Å². The van der Waals surface area contributed by atoms with Gasteiger partial charge in [-0.15, -0.1) is 0 Å². The SMILES string of the molecule is CC(=O)c1cc(N=Nc2ccc(Br)cc2)ccc(=O)c1O. The Hall–Kier alpha value is -2.34. The Morgan fingerprint density at radius 1 is 1.05 bits per heavy atom.